The Morgan fingerprint density at radius 1 is 1.39 bits per heavy atom. The Hall–Kier alpha value is -2.38. The maximum absolute atomic E-state index is 12.4. The molecule has 8 heteroatoms. The first kappa shape index (κ1) is 15.5. The van der Waals surface area contributed by atoms with E-state index in [-0.39, 0.29) is 18.3 Å². The third-order valence-corrected chi connectivity index (χ3v) is 3.77. The second kappa shape index (κ2) is 6.02. The SMILES string of the molecule is Cc1nc2ccc(NC(=O)c3n[nH]c4c3CNCC4)cc2o1.Cl. The van der Waals surface area contributed by atoms with Crippen LogP contribution in [0.4, 0.5) is 5.69 Å². The van der Waals surface area contributed by atoms with Crippen molar-refractivity contribution in [3.8, 4) is 0 Å². The van der Waals surface area contributed by atoms with Crippen molar-refractivity contribution in [2.24, 2.45) is 0 Å². The van der Waals surface area contributed by atoms with Gasteiger partial charge in [0.1, 0.15) is 5.52 Å². The largest absolute Gasteiger partial charge is 0.441 e. The average molecular weight is 334 g/mol. The highest BCUT2D eigenvalue weighted by molar-refractivity contribution is 6.04. The summed E-state index contributed by atoms with van der Waals surface area (Å²) >= 11 is 0. The quantitative estimate of drug-likeness (QED) is 0.668. The van der Waals surface area contributed by atoms with E-state index in [0.717, 1.165) is 29.7 Å². The number of carbonyl (C=O) groups excluding carboxylic acids is 1. The van der Waals surface area contributed by atoms with Crippen LogP contribution in [-0.2, 0) is 13.0 Å². The number of aryl methyl sites for hydroxylation is 1. The summed E-state index contributed by atoms with van der Waals surface area (Å²) in [5.74, 6) is 0.378. The molecule has 0 atom stereocenters. The number of halogens is 1. The maximum atomic E-state index is 12.4. The minimum absolute atomic E-state index is 0. The predicted molar refractivity (Wildman–Crippen MR) is 87.9 cm³/mol. The van der Waals surface area contributed by atoms with E-state index in [2.05, 4.69) is 25.8 Å². The topological polar surface area (TPSA) is 95.8 Å². The van der Waals surface area contributed by atoms with Crippen molar-refractivity contribution in [2.75, 3.05) is 11.9 Å². The Morgan fingerprint density at radius 3 is 3.13 bits per heavy atom. The van der Waals surface area contributed by atoms with E-state index in [4.69, 9.17) is 4.42 Å². The van der Waals surface area contributed by atoms with Crippen molar-refractivity contribution in [1.82, 2.24) is 20.5 Å². The molecule has 3 aromatic rings. The lowest BCUT2D eigenvalue weighted by Gasteiger charge is -2.12. The first-order valence-corrected chi connectivity index (χ1v) is 7.16. The third-order valence-electron chi connectivity index (χ3n) is 3.77. The van der Waals surface area contributed by atoms with Gasteiger partial charge in [0.25, 0.3) is 5.91 Å². The van der Waals surface area contributed by atoms with Gasteiger partial charge in [0.05, 0.1) is 0 Å². The van der Waals surface area contributed by atoms with Gasteiger partial charge in [-0.3, -0.25) is 9.89 Å². The summed E-state index contributed by atoms with van der Waals surface area (Å²) in [5, 5.41) is 13.2. The fourth-order valence-corrected chi connectivity index (χ4v) is 2.72. The summed E-state index contributed by atoms with van der Waals surface area (Å²) < 4.78 is 5.48. The van der Waals surface area contributed by atoms with Gasteiger partial charge in [-0.05, 0) is 12.1 Å². The van der Waals surface area contributed by atoms with Crippen molar-refractivity contribution in [2.45, 2.75) is 19.9 Å². The molecule has 0 radical (unpaired) electrons. The lowest BCUT2D eigenvalue weighted by Crippen LogP contribution is -2.25. The molecule has 1 amide bonds. The van der Waals surface area contributed by atoms with Crippen LogP contribution in [-0.4, -0.2) is 27.6 Å². The van der Waals surface area contributed by atoms with Crippen molar-refractivity contribution >= 4 is 35.1 Å². The summed E-state index contributed by atoms with van der Waals surface area (Å²) in [4.78, 5) is 16.7. The lowest BCUT2D eigenvalue weighted by molar-refractivity contribution is 0.102. The summed E-state index contributed by atoms with van der Waals surface area (Å²) in [7, 11) is 0. The smallest absolute Gasteiger partial charge is 0.276 e. The number of nitrogens with zero attached hydrogens (tertiary/aromatic N) is 2. The number of amides is 1. The molecule has 0 unspecified atom stereocenters. The molecule has 1 aliphatic heterocycles. The number of hydrogen-bond donors (Lipinski definition) is 3. The second-order valence-corrected chi connectivity index (χ2v) is 5.33. The predicted octanol–water partition coefficient (Wildman–Crippen LogP) is 2.18. The molecular weight excluding hydrogens is 318 g/mol. The monoisotopic (exact) mass is 333 g/mol. The number of aromatic amines is 1. The minimum Gasteiger partial charge on any atom is -0.441 e. The summed E-state index contributed by atoms with van der Waals surface area (Å²) in [6.07, 6.45) is 0.860. The summed E-state index contributed by atoms with van der Waals surface area (Å²) in [5.41, 5.74) is 4.51. The van der Waals surface area contributed by atoms with Crippen LogP contribution in [0.3, 0.4) is 0 Å². The van der Waals surface area contributed by atoms with Gasteiger partial charge in [-0.25, -0.2) is 4.98 Å². The van der Waals surface area contributed by atoms with Crippen LogP contribution in [0.15, 0.2) is 22.6 Å². The highest BCUT2D eigenvalue weighted by Gasteiger charge is 2.21. The van der Waals surface area contributed by atoms with Crippen LogP contribution in [0.1, 0.15) is 27.6 Å². The van der Waals surface area contributed by atoms with Crippen molar-refractivity contribution in [3.63, 3.8) is 0 Å². The zero-order valence-electron chi connectivity index (χ0n) is 12.5. The van der Waals surface area contributed by atoms with E-state index in [9.17, 15) is 4.79 Å². The maximum Gasteiger partial charge on any atom is 0.276 e. The molecule has 120 valence electrons. The zero-order chi connectivity index (χ0) is 15.1. The molecule has 4 rings (SSSR count). The molecular formula is C15H16ClN5O2. The molecule has 0 spiro atoms. The number of rotatable bonds is 2. The first-order valence-electron chi connectivity index (χ1n) is 7.16. The molecule has 0 saturated carbocycles. The molecule has 2 aromatic heterocycles. The lowest BCUT2D eigenvalue weighted by atomic mass is 10.1. The van der Waals surface area contributed by atoms with Crippen molar-refractivity contribution < 1.29 is 9.21 Å². The Labute approximate surface area is 138 Å². The van der Waals surface area contributed by atoms with E-state index < -0.39 is 0 Å². The van der Waals surface area contributed by atoms with Gasteiger partial charge in [0.15, 0.2) is 17.2 Å². The van der Waals surface area contributed by atoms with Crippen LogP contribution >= 0.6 is 12.4 Å². The Bertz CT molecular complexity index is 870. The summed E-state index contributed by atoms with van der Waals surface area (Å²) in [6.45, 7) is 3.36. The number of nitrogens with one attached hydrogen (secondary N) is 3. The van der Waals surface area contributed by atoms with E-state index in [1.54, 1.807) is 19.1 Å². The number of benzene rings is 1. The van der Waals surface area contributed by atoms with E-state index >= 15 is 0 Å². The van der Waals surface area contributed by atoms with Gasteiger partial charge < -0.3 is 15.1 Å². The van der Waals surface area contributed by atoms with Gasteiger partial charge in [-0.15, -0.1) is 12.4 Å². The Balaban J connectivity index is 0.00000156. The highest BCUT2D eigenvalue weighted by Crippen LogP contribution is 2.21. The highest BCUT2D eigenvalue weighted by atomic mass is 35.5. The van der Waals surface area contributed by atoms with Crippen molar-refractivity contribution in [1.29, 1.82) is 0 Å². The molecule has 3 N–H and O–H groups in total. The Morgan fingerprint density at radius 2 is 2.26 bits per heavy atom. The van der Waals surface area contributed by atoms with Crippen LogP contribution in [0.5, 0.6) is 0 Å². The van der Waals surface area contributed by atoms with E-state index in [0.29, 0.717) is 29.4 Å². The average Bonchev–Trinajstić information content (AvgIpc) is 3.09. The fourth-order valence-electron chi connectivity index (χ4n) is 2.72. The molecule has 0 fully saturated rings. The van der Waals surface area contributed by atoms with Crippen LogP contribution in [0.25, 0.3) is 11.1 Å². The van der Waals surface area contributed by atoms with E-state index in [1.807, 2.05) is 6.07 Å². The van der Waals surface area contributed by atoms with Gasteiger partial charge in [0.2, 0.25) is 0 Å². The molecule has 1 aromatic carbocycles. The molecule has 1 aliphatic rings. The normalized spacial score (nSPS) is 13.4. The number of fused-ring (bicyclic) bond motifs is 2. The number of carbonyl (C=O) groups is 1. The van der Waals surface area contributed by atoms with E-state index in [1.165, 1.54) is 0 Å². The molecule has 0 saturated heterocycles. The molecule has 3 heterocycles. The number of oxazole rings is 1. The fraction of sp³-hybridized carbons (Fsp3) is 0.267. The van der Waals surface area contributed by atoms with Crippen LogP contribution in [0.2, 0.25) is 0 Å². The second-order valence-electron chi connectivity index (χ2n) is 5.33. The Kier molecular flexibility index (Phi) is 4.06. The number of H-pyrrole nitrogens is 1. The number of aromatic nitrogens is 3. The van der Waals surface area contributed by atoms with Gasteiger partial charge in [-0.2, -0.15) is 5.10 Å². The summed E-state index contributed by atoms with van der Waals surface area (Å²) in [6, 6.07) is 5.40. The standard InChI is InChI=1S/C15H15N5O2.ClH/c1-8-17-12-3-2-9(6-13(12)22-8)18-15(21)14-10-7-16-5-4-11(10)19-20-14;/h2-3,6,16H,4-5,7H2,1H3,(H,18,21)(H,19,20);1H. The molecule has 23 heavy (non-hydrogen) atoms. The molecule has 7 nitrogen and oxygen atoms in total. The van der Waals surface area contributed by atoms with Gasteiger partial charge in [-0.1, -0.05) is 0 Å². The van der Waals surface area contributed by atoms with Gasteiger partial charge >= 0.3 is 0 Å². The molecule has 0 aliphatic carbocycles. The van der Waals surface area contributed by atoms with Crippen LogP contribution < -0.4 is 10.6 Å². The zero-order valence-corrected chi connectivity index (χ0v) is 13.3. The number of hydrogen-bond acceptors (Lipinski definition) is 5. The first-order chi connectivity index (χ1) is 10.7. The minimum atomic E-state index is -0.225. The third kappa shape index (κ3) is 2.80. The number of anilines is 1. The van der Waals surface area contributed by atoms with Crippen LogP contribution in [0, 0.1) is 6.92 Å². The molecule has 0 bridgehead atoms. The van der Waals surface area contributed by atoms with Crippen molar-refractivity contribution in [3.05, 3.63) is 41.0 Å². The van der Waals surface area contributed by atoms with Gasteiger partial charge in [0, 0.05) is 49.4 Å².